The van der Waals surface area contributed by atoms with Crippen molar-refractivity contribution >= 4 is 27.0 Å². The molecule has 176 valence electrons. The van der Waals surface area contributed by atoms with Gasteiger partial charge in [-0.15, -0.1) is 0 Å². The summed E-state index contributed by atoms with van der Waals surface area (Å²) in [6, 6.07) is 9.66. The molecule has 8 nitrogen and oxygen atoms in total. The fourth-order valence-corrected chi connectivity index (χ4v) is 4.52. The lowest BCUT2D eigenvalue weighted by Gasteiger charge is -2.12. The van der Waals surface area contributed by atoms with E-state index in [2.05, 4.69) is 4.98 Å². The highest BCUT2D eigenvalue weighted by Gasteiger charge is 2.23. The zero-order valence-electron chi connectivity index (χ0n) is 19.0. The molecular formula is C23H27FN4O4S. The van der Waals surface area contributed by atoms with Gasteiger partial charge in [0.2, 0.25) is 10.0 Å². The van der Waals surface area contributed by atoms with Gasteiger partial charge in [-0.2, -0.15) is 0 Å². The number of nitrogens with two attached hydrogens (primary N) is 1. The second-order valence-electron chi connectivity index (χ2n) is 7.53. The molecule has 0 saturated carbocycles. The molecule has 2 heterocycles. The predicted octanol–water partition coefficient (Wildman–Crippen LogP) is 3.25. The molecule has 0 aliphatic rings. The van der Waals surface area contributed by atoms with E-state index in [0.29, 0.717) is 27.9 Å². The monoisotopic (exact) mass is 474 g/mol. The Balaban J connectivity index is 2.30. The Labute approximate surface area is 192 Å². The normalized spacial score (nSPS) is 12.5. The summed E-state index contributed by atoms with van der Waals surface area (Å²) >= 11 is 0. The lowest BCUT2D eigenvalue weighted by Crippen LogP contribution is -2.22. The second-order valence-corrected chi connectivity index (χ2v) is 9.69. The molecule has 0 aliphatic heterocycles. The standard InChI is InChI=1S/C23H27FN4O4S/c1-5-32-23(29)19-9-10-20-22(26-19)21(15(2)28(20)14-17(24)11-12-25)16-7-6-8-18(13-16)33(30,31)27(3)4/h6-11,13H,5,12,14,25H2,1-4H3/b17-11-. The molecule has 0 aliphatic carbocycles. The van der Waals surface area contributed by atoms with Crippen molar-refractivity contribution in [1.29, 1.82) is 0 Å². The topological polar surface area (TPSA) is 108 Å². The highest BCUT2D eigenvalue weighted by atomic mass is 32.2. The molecule has 2 N–H and O–H groups in total. The zero-order valence-corrected chi connectivity index (χ0v) is 19.8. The summed E-state index contributed by atoms with van der Waals surface area (Å²) < 4.78 is 47.7. The van der Waals surface area contributed by atoms with E-state index in [1.807, 2.05) is 0 Å². The largest absolute Gasteiger partial charge is 0.461 e. The fraction of sp³-hybridized carbons (Fsp3) is 0.304. The maximum Gasteiger partial charge on any atom is 0.356 e. The number of ether oxygens (including phenoxy) is 1. The highest BCUT2D eigenvalue weighted by molar-refractivity contribution is 7.89. The lowest BCUT2D eigenvalue weighted by molar-refractivity contribution is 0.0520. The van der Waals surface area contributed by atoms with Crippen LogP contribution < -0.4 is 5.73 Å². The van der Waals surface area contributed by atoms with Crippen LogP contribution >= 0.6 is 0 Å². The maximum absolute atomic E-state index is 14.4. The Morgan fingerprint density at radius 2 is 2.00 bits per heavy atom. The minimum atomic E-state index is -3.67. The molecule has 10 heteroatoms. The van der Waals surface area contributed by atoms with Crippen molar-refractivity contribution in [3.05, 3.63) is 59.7 Å². The SMILES string of the molecule is CCOC(=O)c1ccc2c(n1)c(-c1cccc(S(=O)(=O)N(C)C)c1)c(C)n2C/C(F)=C/CN. The van der Waals surface area contributed by atoms with Gasteiger partial charge in [0.15, 0.2) is 0 Å². The van der Waals surface area contributed by atoms with Gasteiger partial charge in [0.05, 0.1) is 29.1 Å². The lowest BCUT2D eigenvalue weighted by atomic mass is 10.0. The van der Waals surface area contributed by atoms with E-state index in [1.165, 1.54) is 32.3 Å². The van der Waals surface area contributed by atoms with Gasteiger partial charge in [-0.1, -0.05) is 12.1 Å². The number of aromatic nitrogens is 2. The number of allylic oxidation sites excluding steroid dienone is 1. The first-order valence-electron chi connectivity index (χ1n) is 10.4. The predicted molar refractivity (Wildman–Crippen MR) is 125 cm³/mol. The summed E-state index contributed by atoms with van der Waals surface area (Å²) in [5.41, 5.74) is 8.44. The van der Waals surface area contributed by atoms with Crippen LogP contribution in [0.4, 0.5) is 4.39 Å². The molecule has 0 spiro atoms. The number of rotatable bonds is 8. The summed E-state index contributed by atoms with van der Waals surface area (Å²) in [6.07, 6.45) is 1.29. The van der Waals surface area contributed by atoms with Crippen LogP contribution in [0.3, 0.4) is 0 Å². The molecule has 0 saturated heterocycles. The minimum absolute atomic E-state index is 0.0621. The Hall–Kier alpha value is -3.08. The van der Waals surface area contributed by atoms with Gasteiger partial charge in [0, 0.05) is 31.9 Å². The second kappa shape index (κ2) is 9.82. The van der Waals surface area contributed by atoms with Crippen LogP contribution in [0.2, 0.25) is 0 Å². The van der Waals surface area contributed by atoms with Crippen molar-refractivity contribution in [2.75, 3.05) is 27.2 Å². The van der Waals surface area contributed by atoms with Crippen molar-refractivity contribution in [2.45, 2.75) is 25.3 Å². The van der Waals surface area contributed by atoms with Crippen LogP contribution in [-0.2, 0) is 21.3 Å². The van der Waals surface area contributed by atoms with Crippen molar-refractivity contribution < 1.29 is 22.3 Å². The molecule has 3 aromatic rings. The smallest absolute Gasteiger partial charge is 0.356 e. The first-order chi connectivity index (χ1) is 15.6. The first-order valence-corrected chi connectivity index (χ1v) is 11.8. The van der Waals surface area contributed by atoms with Gasteiger partial charge >= 0.3 is 5.97 Å². The van der Waals surface area contributed by atoms with Crippen molar-refractivity contribution in [2.24, 2.45) is 5.73 Å². The van der Waals surface area contributed by atoms with Gasteiger partial charge in [-0.25, -0.2) is 26.9 Å². The van der Waals surface area contributed by atoms with E-state index in [-0.39, 0.29) is 30.3 Å². The number of esters is 1. The average Bonchev–Trinajstić information content (AvgIpc) is 3.04. The molecule has 0 bridgehead atoms. The number of benzene rings is 1. The summed E-state index contributed by atoms with van der Waals surface area (Å²) in [5.74, 6) is -0.989. The van der Waals surface area contributed by atoms with E-state index in [9.17, 15) is 17.6 Å². The number of nitrogens with zero attached hydrogens (tertiary/aromatic N) is 3. The van der Waals surface area contributed by atoms with E-state index < -0.39 is 21.8 Å². The number of carbonyl (C=O) groups excluding carboxylic acids is 1. The van der Waals surface area contributed by atoms with Crippen molar-refractivity contribution in [1.82, 2.24) is 13.9 Å². The number of carbonyl (C=O) groups is 1. The average molecular weight is 475 g/mol. The van der Waals surface area contributed by atoms with Crippen LogP contribution in [0.5, 0.6) is 0 Å². The third-order valence-corrected chi connectivity index (χ3v) is 7.01. The molecule has 1 aromatic carbocycles. The van der Waals surface area contributed by atoms with Gasteiger partial charge in [0.25, 0.3) is 0 Å². The first kappa shape index (κ1) is 24.6. The maximum atomic E-state index is 14.4. The van der Waals surface area contributed by atoms with Gasteiger partial charge in [0.1, 0.15) is 11.5 Å². The summed E-state index contributed by atoms with van der Waals surface area (Å²) in [7, 11) is -0.759. The Bertz CT molecular complexity index is 1330. The van der Waals surface area contributed by atoms with E-state index in [4.69, 9.17) is 10.5 Å². The van der Waals surface area contributed by atoms with Crippen LogP contribution in [-0.4, -0.2) is 55.5 Å². The number of hydrogen-bond donors (Lipinski definition) is 1. The summed E-state index contributed by atoms with van der Waals surface area (Å²) in [6.45, 7) is 3.68. The van der Waals surface area contributed by atoms with Gasteiger partial charge in [-0.3, -0.25) is 0 Å². The molecule has 0 fully saturated rings. The number of halogens is 1. The Morgan fingerprint density at radius 3 is 2.64 bits per heavy atom. The van der Waals surface area contributed by atoms with E-state index in [0.717, 1.165) is 4.31 Å². The van der Waals surface area contributed by atoms with Crippen LogP contribution in [0.1, 0.15) is 23.1 Å². The molecule has 0 radical (unpaired) electrons. The molecule has 0 unspecified atom stereocenters. The van der Waals surface area contributed by atoms with Gasteiger partial charge < -0.3 is 15.0 Å². The summed E-state index contributed by atoms with van der Waals surface area (Å²) in [4.78, 5) is 16.9. The van der Waals surface area contributed by atoms with Crippen molar-refractivity contribution in [3.8, 4) is 11.1 Å². The quantitative estimate of drug-likeness (QED) is 0.502. The third kappa shape index (κ3) is 4.82. The van der Waals surface area contributed by atoms with Crippen molar-refractivity contribution in [3.63, 3.8) is 0 Å². The van der Waals surface area contributed by atoms with Gasteiger partial charge in [-0.05, 0) is 49.8 Å². The molecule has 2 aromatic heterocycles. The van der Waals surface area contributed by atoms with E-state index in [1.54, 1.807) is 42.7 Å². The molecule has 0 amide bonds. The molecular weight excluding hydrogens is 447 g/mol. The van der Waals surface area contributed by atoms with Crippen LogP contribution in [0, 0.1) is 6.92 Å². The fourth-order valence-electron chi connectivity index (χ4n) is 3.58. The minimum Gasteiger partial charge on any atom is -0.461 e. The summed E-state index contributed by atoms with van der Waals surface area (Å²) in [5, 5.41) is 0. The Kier molecular flexibility index (Phi) is 7.31. The van der Waals surface area contributed by atoms with Crippen LogP contribution in [0.25, 0.3) is 22.2 Å². The third-order valence-electron chi connectivity index (χ3n) is 5.20. The number of pyridine rings is 1. The molecule has 0 atom stereocenters. The number of hydrogen-bond acceptors (Lipinski definition) is 6. The highest BCUT2D eigenvalue weighted by Crippen LogP contribution is 2.35. The van der Waals surface area contributed by atoms with Crippen LogP contribution in [0.15, 0.2) is 53.2 Å². The molecule has 33 heavy (non-hydrogen) atoms. The zero-order chi connectivity index (χ0) is 24.3. The van der Waals surface area contributed by atoms with E-state index >= 15 is 0 Å². The number of sulfonamides is 1. The number of fused-ring (bicyclic) bond motifs is 1. The molecule has 3 rings (SSSR count). The Morgan fingerprint density at radius 1 is 1.27 bits per heavy atom.